The Morgan fingerprint density at radius 2 is 1.79 bits per heavy atom. The van der Waals surface area contributed by atoms with Crippen LogP contribution < -0.4 is 5.32 Å². The standard InChI is InChI=1S/C23H20F3N5O2/c1-13-10-14(2)31(29-13)19-9-8-18(20(11-19)23(24,25)26)12-27-21(32)16-4-6-17(7-5-16)22-28-15(3)30-33-22/h4-11H,12H2,1-3H3,(H,27,32). The molecule has 0 fully saturated rings. The second-order valence-electron chi connectivity index (χ2n) is 7.58. The van der Waals surface area contributed by atoms with Gasteiger partial charge in [-0.3, -0.25) is 4.79 Å². The highest BCUT2D eigenvalue weighted by Crippen LogP contribution is 2.33. The van der Waals surface area contributed by atoms with Gasteiger partial charge in [0.2, 0.25) is 0 Å². The Balaban J connectivity index is 1.52. The van der Waals surface area contributed by atoms with E-state index in [2.05, 4.69) is 20.6 Å². The molecule has 0 aliphatic heterocycles. The Bertz CT molecular complexity index is 1310. The number of aryl methyl sites for hydroxylation is 3. The van der Waals surface area contributed by atoms with Gasteiger partial charge in [-0.25, -0.2) is 4.68 Å². The molecule has 7 nitrogen and oxygen atoms in total. The topological polar surface area (TPSA) is 85.8 Å². The average molecular weight is 455 g/mol. The Labute approximate surface area is 187 Å². The predicted molar refractivity (Wildman–Crippen MR) is 114 cm³/mol. The molecule has 4 rings (SSSR count). The molecule has 0 saturated carbocycles. The first-order valence-electron chi connectivity index (χ1n) is 10.0. The summed E-state index contributed by atoms with van der Waals surface area (Å²) in [4.78, 5) is 16.6. The van der Waals surface area contributed by atoms with Crippen LogP contribution >= 0.6 is 0 Å². The van der Waals surface area contributed by atoms with Crippen molar-refractivity contribution >= 4 is 5.91 Å². The van der Waals surface area contributed by atoms with Gasteiger partial charge in [-0.05, 0) is 68.8 Å². The maximum absolute atomic E-state index is 13.7. The first-order valence-corrected chi connectivity index (χ1v) is 10.0. The van der Waals surface area contributed by atoms with Crippen molar-refractivity contribution in [3.05, 3.63) is 82.4 Å². The average Bonchev–Trinajstić information content (AvgIpc) is 3.36. The molecule has 1 N–H and O–H groups in total. The van der Waals surface area contributed by atoms with Crippen molar-refractivity contribution in [2.45, 2.75) is 33.5 Å². The molecule has 33 heavy (non-hydrogen) atoms. The molecule has 2 heterocycles. The second-order valence-corrected chi connectivity index (χ2v) is 7.58. The molecule has 0 unspecified atom stereocenters. The number of halogens is 3. The Hall–Kier alpha value is -3.95. The molecule has 0 atom stereocenters. The number of benzene rings is 2. The lowest BCUT2D eigenvalue weighted by Gasteiger charge is -2.16. The molecule has 0 aliphatic rings. The number of amides is 1. The third-order valence-corrected chi connectivity index (χ3v) is 5.01. The largest absolute Gasteiger partial charge is 0.416 e. The summed E-state index contributed by atoms with van der Waals surface area (Å²) in [6, 6.07) is 12.1. The minimum Gasteiger partial charge on any atom is -0.348 e. The summed E-state index contributed by atoms with van der Waals surface area (Å²) in [5.74, 6) is 0.298. The van der Waals surface area contributed by atoms with Gasteiger partial charge >= 0.3 is 6.18 Å². The van der Waals surface area contributed by atoms with Crippen molar-refractivity contribution in [1.82, 2.24) is 25.2 Å². The lowest BCUT2D eigenvalue weighted by Crippen LogP contribution is -2.24. The van der Waals surface area contributed by atoms with E-state index in [1.165, 1.54) is 10.7 Å². The van der Waals surface area contributed by atoms with Gasteiger partial charge in [-0.1, -0.05) is 11.2 Å². The number of carbonyl (C=O) groups excluding carboxylic acids is 1. The van der Waals surface area contributed by atoms with Crippen molar-refractivity contribution in [3.8, 4) is 17.1 Å². The number of rotatable bonds is 5. The molecule has 170 valence electrons. The van der Waals surface area contributed by atoms with Gasteiger partial charge in [-0.15, -0.1) is 0 Å². The van der Waals surface area contributed by atoms with E-state index in [9.17, 15) is 18.0 Å². The molecule has 0 radical (unpaired) electrons. The first-order chi connectivity index (χ1) is 15.6. The number of hydrogen-bond acceptors (Lipinski definition) is 5. The summed E-state index contributed by atoms with van der Waals surface area (Å²) >= 11 is 0. The summed E-state index contributed by atoms with van der Waals surface area (Å²) in [6.07, 6.45) is -4.59. The van der Waals surface area contributed by atoms with Crippen LogP contribution in [0.1, 0.15) is 38.7 Å². The molecule has 10 heteroatoms. The molecule has 1 amide bonds. The third-order valence-electron chi connectivity index (χ3n) is 5.01. The van der Waals surface area contributed by atoms with Gasteiger partial charge in [0.1, 0.15) is 0 Å². The fourth-order valence-electron chi connectivity index (χ4n) is 3.46. The molecular weight excluding hydrogens is 435 g/mol. The van der Waals surface area contributed by atoms with Crippen LogP contribution in [0, 0.1) is 20.8 Å². The number of alkyl halides is 3. The van der Waals surface area contributed by atoms with Gasteiger partial charge < -0.3 is 9.84 Å². The summed E-state index contributed by atoms with van der Waals surface area (Å²) in [5, 5.41) is 10.5. The number of nitrogens with zero attached hydrogens (tertiary/aromatic N) is 4. The fourth-order valence-corrected chi connectivity index (χ4v) is 3.46. The zero-order chi connectivity index (χ0) is 23.8. The van der Waals surface area contributed by atoms with E-state index in [0.717, 1.165) is 11.8 Å². The second kappa shape index (κ2) is 8.53. The van der Waals surface area contributed by atoms with E-state index in [0.29, 0.717) is 34.2 Å². The van der Waals surface area contributed by atoms with E-state index in [4.69, 9.17) is 4.52 Å². The molecule has 2 aromatic carbocycles. The Morgan fingerprint density at radius 1 is 1.06 bits per heavy atom. The summed E-state index contributed by atoms with van der Waals surface area (Å²) in [7, 11) is 0. The highest BCUT2D eigenvalue weighted by Gasteiger charge is 2.34. The zero-order valence-electron chi connectivity index (χ0n) is 18.1. The molecular formula is C23H20F3N5O2. The van der Waals surface area contributed by atoms with Crippen molar-refractivity contribution in [3.63, 3.8) is 0 Å². The van der Waals surface area contributed by atoms with Crippen molar-refractivity contribution < 1.29 is 22.5 Å². The van der Waals surface area contributed by atoms with Crippen molar-refractivity contribution in [2.24, 2.45) is 0 Å². The maximum atomic E-state index is 13.7. The van der Waals surface area contributed by atoms with Crippen LogP contribution in [0.3, 0.4) is 0 Å². The van der Waals surface area contributed by atoms with Gasteiger partial charge in [0, 0.05) is 23.4 Å². The predicted octanol–water partition coefficient (Wildman–Crippen LogP) is 4.80. The third kappa shape index (κ3) is 4.79. The van der Waals surface area contributed by atoms with Crippen LogP contribution in [0.4, 0.5) is 13.2 Å². The van der Waals surface area contributed by atoms with Crippen LogP contribution in [0.15, 0.2) is 53.1 Å². The number of hydrogen-bond donors (Lipinski definition) is 1. The first kappa shape index (κ1) is 22.3. The summed E-state index contributed by atoms with van der Waals surface area (Å²) < 4.78 is 47.8. The van der Waals surface area contributed by atoms with Crippen LogP contribution in [0.2, 0.25) is 0 Å². The minimum absolute atomic E-state index is 0.0425. The Kier molecular flexibility index (Phi) is 5.75. The van der Waals surface area contributed by atoms with E-state index < -0.39 is 17.6 Å². The van der Waals surface area contributed by atoms with Crippen LogP contribution in [-0.4, -0.2) is 25.8 Å². The zero-order valence-corrected chi connectivity index (χ0v) is 18.1. The van der Waals surface area contributed by atoms with E-state index in [1.54, 1.807) is 57.2 Å². The van der Waals surface area contributed by atoms with Crippen LogP contribution in [0.25, 0.3) is 17.1 Å². The van der Waals surface area contributed by atoms with Gasteiger partial charge in [0.25, 0.3) is 11.8 Å². The summed E-state index contributed by atoms with van der Waals surface area (Å²) in [5.41, 5.74) is 1.79. The highest BCUT2D eigenvalue weighted by atomic mass is 19.4. The van der Waals surface area contributed by atoms with Gasteiger partial charge in [0.15, 0.2) is 5.82 Å². The molecule has 2 aromatic heterocycles. The van der Waals surface area contributed by atoms with E-state index >= 15 is 0 Å². The quantitative estimate of drug-likeness (QED) is 0.467. The molecule has 0 aliphatic carbocycles. The van der Waals surface area contributed by atoms with Crippen molar-refractivity contribution in [2.75, 3.05) is 0 Å². The normalized spacial score (nSPS) is 11.6. The lowest BCUT2D eigenvalue weighted by atomic mass is 10.1. The molecule has 0 spiro atoms. The van der Waals surface area contributed by atoms with E-state index in [-0.39, 0.29) is 12.1 Å². The number of nitrogens with one attached hydrogen (secondary N) is 1. The molecule has 4 aromatic rings. The van der Waals surface area contributed by atoms with E-state index in [1.807, 2.05) is 0 Å². The Morgan fingerprint density at radius 3 is 2.36 bits per heavy atom. The number of carbonyl (C=O) groups is 1. The SMILES string of the molecule is Cc1cc(C)n(-c2ccc(CNC(=O)c3ccc(-c4nc(C)no4)cc3)c(C(F)(F)F)c2)n1. The highest BCUT2D eigenvalue weighted by molar-refractivity contribution is 5.94. The van der Waals surface area contributed by atoms with Crippen molar-refractivity contribution in [1.29, 1.82) is 0 Å². The molecule has 0 bridgehead atoms. The lowest BCUT2D eigenvalue weighted by molar-refractivity contribution is -0.138. The maximum Gasteiger partial charge on any atom is 0.416 e. The van der Waals surface area contributed by atoms with Gasteiger partial charge in [-0.2, -0.15) is 23.3 Å². The molecule has 0 saturated heterocycles. The minimum atomic E-state index is -4.59. The summed E-state index contributed by atoms with van der Waals surface area (Å²) in [6.45, 7) is 4.95. The smallest absolute Gasteiger partial charge is 0.348 e. The fraction of sp³-hybridized carbons (Fsp3) is 0.217. The monoisotopic (exact) mass is 455 g/mol. The van der Waals surface area contributed by atoms with Crippen LogP contribution in [0.5, 0.6) is 0 Å². The van der Waals surface area contributed by atoms with Crippen LogP contribution in [-0.2, 0) is 12.7 Å². The van der Waals surface area contributed by atoms with Gasteiger partial charge in [0.05, 0.1) is 16.9 Å². The number of aromatic nitrogens is 4.